The van der Waals surface area contributed by atoms with Crippen molar-refractivity contribution in [2.24, 2.45) is 16.5 Å². The lowest BCUT2D eigenvalue weighted by molar-refractivity contribution is -0.117. The minimum atomic E-state index is 0.0210. The van der Waals surface area contributed by atoms with E-state index in [-0.39, 0.29) is 11.9 Å². The largest absolute Gasteiger partial charge is 0.370 e. The van der Waals surface area contributed by atoms with Gasteiger partial charge in [-0.3, -0.25) is 4.79 Å². The number of hydrogen-bond donors (Lipinski definition) is 2. The Bertz CT molecular complexity index is 449. The normalized spacial score (nSPS) is 13.9. The molecule has 1 aliphatic heterocycles. The van der Waals surface area contributed by atoms with Gasteiger partial charge in [0, 0.05) is 12.7 Å². The molecular formula is C10H12N4O. The highest BCUT2D eigenvalue weighted by Gasteiger charge is 2.23. The number of aliphatic imine (C=N–C) groups is 1. The van der Waals surface area contributed by atoms with Gasteiger partial charge in [0.15, 0.2) is 5.96 Å². The fourth-order valence-electron chi connectivity index (χ4n) is 1.68. The van der Waals surface area contributed by atoms with Crippen molar-refractivity contribution >= 4 is 23.2 Å². The van der Waals surface area contributed by atoms with E-state index in [9.17, 15) is 4.79 Å². The number of anilines is 1. The molecule has 5 heteroatoms. The molecule has 0 aliphatic carbocycles. The Labute approximate surface area is 87.4 Å². The maximum absolute atomic E-state index is 11.4. The summed E-state index contributed by atoms with van der Waals surface area (Å²) in [5, 5.41) is 0. The van der Waals surface area contributed by atoms with E-state index in [2.05, 4.69) is 4.99 Å². The molecule has 0 spiro atoms. The van der Waals surface area contributed by atoms with Crippen molar-refractivity contribution in [2.75, 3.05) is 11.9 Å². The molecule has 78 valence electrons. The molecule has 1 aromatic carbocycles. The van der Waals surface area contributed by atoms with E-state index in [0.717, 1.165) is 11.3 Å². The lowest BCUT2D eigenvalue weighted by atomic mass is 10.1. The molecule has 4 N–H and O–H groups in total. The maximum atomic E-state index is 11.4. The zero-order valence-electron chi connectivity index (χ0n) is 8.40. The van der Waals surface area contributed by atoms with E-state index in [0.29, 0.717) is 12.1 Å². The molecule has 0 atom stereocenters. The molecule has 5 nitrogen and oxygen atoms in total. The Balaban J connectivity index is 2.42. The van der Waals surface area contributed by atoms with Gasteiger partial charge in [0.25, 0.3) is 0 Å². The van der Waals surface area contributed by atoms with Gasteiger partial charge < -0.3 is 16.4 Å². The van der Waals surface area contributed by atoms with Crippen LogP contribution in [-0.4, -0.2) is 18.9 Å². The molecule has 0 unspecified atom stereocenters. The number of hydrogen-bond acceptors (Lipinski definition) is 2. The summed E-state index contributed by atoms with van der Waals surface area (Å²) in [6.07, 6.45) is 0.416. The highest BCUT2D eigenvalue weighted by molar-refractivity contribution is 6.01. The average Bonchev–Trinajstić information content (AvgIpc) is 2.41. The Hall–Kier alpha value is -2.04. The summed E-state index contributed by atoms with van der Waals surface area (Å²) < 4.78 is 0. The second-order valence-corrected chi connectivity index (χ2v) is 3.48. The standard InChI is InChI=1S/C10H12N4O/c1-14-8-3-2-7(13-10(11)12)4-6(8)5-9(14)15/h2-4H,5H2,1H3,(H4,11,12,13). The maximum Gasteiger partial charge on any atom is 0.231 e. The van der Waals surface area contributed by atoms with Gasteiger partial charge in [-0.2, -0.15) is 0 Å². The van der Waals surface area contributed by atoms with Crippen molar-refractivity contribution < 1.29 is 4.79 Å². The van der Waals surface area contributed by atoms with E-state index in [1.165, 1.54) is 0 Å². The number of guanidine groups is 1. The van der Waals surface area contributed by atoms with E-state index in [1.54, 1.807) is 18.0 Å². The molecule has 0 fully saturated rings. The third-order valence-electron chi connectivity index (χ3n) is 2.40. The van der Waals surface area contributed by atoms with E-state index in [1.807, 2.05) is 12.1 Å². The van der Waals surface area contributed by atoms with Crippen molar-refractivity contribution in [3.8, 4) is 0 Å². The summed E-state index contributed by atoms with van der Waals surface area (Å²) in [4.78, 5) is 17.0. The van der Waals surface area contributed by atoms with Crippen LogP contribution in [0.5, 0.6) is 0 Å². The number of nitrogens with zero attached hydrogens (tertiary/aromatic N) is 2. The van der Waals surface area contributed by atoms with Crippen LogP contribution in [0.2, 0.25) is 0 Å². The van der Waals surface area contributed by atoms with Crippen LogP contribution in [0.4, 0.5) is 11.4 Å². The monoisotopic (exact) mass is 204 g/mol. The number of likely N-dealkylation sites (N-methyl/N-ethyl adjacent to an activating group) is 1. The second kappa shape index (κ2) is 3.27. The van der Waals surface area contributed by atoms with Gasteiger partial charge in [-0.25, -0.2) is 4.99 Å². The Kier molecular flexibility index (Phi) is 2.07. The van der Waals surface area contributed by atoms with Gasteiger partial charge in [-0.05, 0) is 23.8 Å². The number of nitrogens with two attached hydrogens (primary N) is 2. The molecule has 2 rings (SSSR count). The number of carbonyl (C=O) groups is 1. The van der Waals surface area contributed by atoms with Crippen LogP contribution in [0.15, 0.2) is 23.2 Å². The number of fused-ring (bicyclic) bond motifs is 1. The third-order valence-corrected chi connectivity index (χ3v) is 2.40. The molecule has 0 bridgehead atoms. The van der Waals surface area contributed by atoms with Gasteiger partial charge in [0.2, 0.25) is 5.91 Å². The smallest absolute Gasteiger partial charge is 0.231 e. The predicted octanol–water partition coefficient (Wildman–Crippen LogP) is 0.110. The van der Waals surface area contributed by atoms with Crippen molar-refractivity contribution in [1.82, 2.24) is 0 Å². The summed E-state index contributed by atoms with van der Waals surface area (Å²) in [6, 6.07) is 5.46. The summed E-state index contributed by atoms with van der Waals surface area (Å²) in [6.45, 7) is 0. The van der Waals surface area contributed by atoms with Crippen LogP contribution >= 0.6 is 0 Å². The lowest BCUT2D eigenvalue weighted by Crippen LogP contribution is -2.21. The molecule has 0 saturated carbocycles. The predicted molar refractivity (Wildman–Crippen MR) is 59.0 cm³/mol. The summed E-state index contributed by atoms with van der Waals surface area (Å²) in [5.74, 6) is 0.111. The van der Waals surface area contributed by atoms with E-state index in [4.69, 9.17) is 11.5 Å². The van der Waals surface area contributed by atoms with Gasteiger partial charge in [0.1, 0.15) is 0 Å². The van der Waals surface area contributed by atoms with Crippen molar-refractivity contribution in [1.29, 1.82) is 0 Å². The molecule has 0 saturated heterocycles. The molecule has 1 aliphatic rings. The highest BCUT2D eigenvalue weighted by Crippen LogP contribution is 2.30. The molecule has 0 radical (unpaired) electrons. The lowest BCUT2D eigenvalue weighted by Gasteiger charge is -2.09. The fourth-order valence-corrected chi connectivity index (χ4v) is 1.68. The van der Waals surface area contributed by atoms with Crippen LogP contribution in [-0.2, 0) is 11.2 Å². The molecule has 1 aromatic rings. The van der Waals surface area contributed by atoms with Gasteiger partial charge in [0.05, 0.1) is 12.1 Å². The van der Waals surface area contributed by atoms with Gasteiger partial charge in [-0.15, -0.1) is 0 Å². The zero-order chi connectivity index (χ0) is 11.0. The minimum absolute atomic E-state index is 0.0210. The van der Waals surface area contributed by atoms with E-state index < -0.39 is 0 Å². The first-order chi connectivity index (χ1) is 7.08. The molecule has 1 amide bonds. The van der Waals surface area contributed by atoms with Crippen LogP contribution in [0.1, 0.15) is 5.56 Å². The second-order valence-electron chi connectivity index (χ2n) is 3.48. The highest BCUT2D eigenvalue weighted by atomic mass is 16.2. The third kappa shape index (κ3) is 1.63. The molecule has 0 aromatic heterocycles. The first-order valence-corrected chi connectivity index (χ1v) is 4.57. The Morgan fingerprint density at radius 3 is 2.87 bits per heavy atom. The van der Waals surface area contributed by atoms with Crippen LogP contribution in [0, 0.1) is 0 Å². The topological polar surface area (TPSA) is 84.7 Å². The van der Waals surface area contributed by atoms with Gasteiger partial charge >= 0.3 is 0 Å². The number of benzene rings is 1. The van der Waals surface area contributed by atoms with Crippen LogP contribution in [0.3, 0.4) is 0 Å². The Morgan fingerprint density at radius 1 is 1.47 bits per heavy atom. The van der Waals surface area contributed by atoms with Crippen molar-refractivity contribution in [2.45, 2.75) is 6.42 Å². The first kappa shape index (κ1) is 9.51. The zero-order valence-corrected chi connectivity index (χ0v) is 8.40. The molecule has 1 heterocycles. The van der Waals surface area contributed by atoms with Crippen LogP contribution in [0.25, 0.3) is 0 Å². The SMILES string of the molecule is CN1C(=O)Cc2cc(N=C(N)N)ccc21. The Morgan fingerprint density at radius 2 is 2.20 bits per heavy atom. The van der Waals surface area contributed by atoms with Crippen molar-refractivity contribution in [3.05, 3.63) is 23.8 Å². The number of amides is 1. The number of carbonyl (C=O) groups excluding carboxylic acids is 1. The molecular weight excluding hydrogens is 192 g/mol. The quantitative estimate of drug-likeness (QED) is 0.503. The number of rotatable bonds is 1. The van der Waals surface area contributed by atoms with Crippen LogP contribution < -0.4 is 16.4 Å². The minimum Gasteiger partial charge on any atom is -0.370 e. The fraction of sp³-hybridized carbons (Fsp3) is 0.200. The molecule has 15 heavy (non-hydrogen) atoms. The first-order valence-electron chi connectivity index (χ1n) is 4.57. The summed E-state index contributed by atoms with van der Waals surface area (Å²) in [5.41, 5.74) is 13.1. The van der Waals surface area contributed by atoms with E-state index >= 15 is 0 Å². The van der Waals surface area contributed by atoms with Gasteiger partial charge in [-0.1, -0.05) is 0 Å². The summed E-state index contributed by atoms with van der Waals surface area (Å²) >= 11 is 0. The summed E-state index contributed by atoms with van der Waals surface area (Å²) in [7, 11) is 1.76. The average molecular weight is 204 g/mol. The van der Waals surface area contributed by atoms with Crippen molar-refractivity contribution in [3.63, 3.8) is 0 Å².